The number of rotatable bonds is 2. The minimum Gasteiger partial charge on any atom is -0.340 e. The molecule has 0 spiro atoms. The Hall–Kier alpha value is -2.74. The van der Waals surface area contributed by atoms with Crippen LogP contribution >= 0.6 is 0 Å². The number of halogens is 1. The van der Waals surface area contributed by atoms with E-state index in [1.54, 1.807) is 25.1 Å². The number of aromatic amines is 1. The van der Waals surface area contributed by atoms with Gasteiger partial charge in [-0.05, 0) is 25.1 Å². The molecule has 1 aromatic heterocycles. The van der Waals surface area contributed by atoms with Crippen LogP contribution in [0.3, 0.4) is 0 Å². The van der Waals surface area contributed by atoms with E-state index in [1.165, 1.54) is 0 Å². The van der Waals surface area contributed by atoms with Crippen molar-refractivity contribution in [2.75, 3.05) is 43.4 Å². The highest BCUT2D eigenvalue weighted by molar-refractivity contribution is 5.94. The van der Waals surface area contributed by atoms with E-state index in [4.69, 9.17) is 0 Å². The summed E-state index contributed by atoms with van der Waals surface area (Å²) in [5, 5.41) is 2.69. The molecular weight excluding hydrogens is 349 g/mol. The lowest BCUT2D eigenvalue weighted by Gasteiger charge is -2.33. The van der Waals surface area contributed by atoms with Crippen molar-refractivity contribution >= 4 is 17.7 Å². The maximum atomic E-state index is 14.7. The number of aryl methyl sites for hydroxylation is 1. The van der Waals surface area contributed by atoms with Crippen LogP contribution in [0, 0.1) is 12.7 Å². The van der Waals surface area contributed by atoms with Gasteiger partial charge in [0.05, 0.1) is 5.56 Å². The van der Waals surface area contributed by atoms with E-state index in [-0.39, 0.29) is 29.5 Å². The number of hydrogen-bond acceptors (Lipinski definition) is 5. The normalized spacial score (nSPS) is 20.3. The maximum Gasteiger partial charge on any atom is 0.258 e. The molecule has 0 unspecified atom stereocenters. The Balaban J connectivity index is 1.77. The van der Waals surface area contributed by atoms with Crippen LogP contribution in [0.2, 0.25) is 0 Å². The van der Waals surface area contributed by atoms with Crippen LogP contribution in [0.1, 0.15) is 29.0 Å². The lowest BCUT2D eigenvalue weighted by Crippen LogP contribution is -2.46. The fourth-order valence-corrected chi connectivity index (χ4v) is 3.73. The number of amides is 1. The molecule has 2 aromatic rings. The maximum absolute atomic E-state index is 14.7. The molecule has 1 aromatic carbocycles. The third-order valence-electron chi connectivity index (χ3n) is 5.34. The van der Waals surface area contributed by atoms with E-state index in [1.807, 2.05) is 11.9 Å². The van der Waals surface area contributed by atoms with Crippen LogP contribution < -0.4 is 15.8 Å². The quantitative estimate of drug-likeness (QED) is 0.835. The zero-order valence-corrected chi connectivity index (χ0v) is 15.4. The molecule has 1 atom stereocenters. The fourth-order valence-electron chi connectivity index (χ4n) is 3.73. The molecule has 2 aliphatic heterocycles. The van der Waals surface area contributed by atoms with E-state index in [2.05, 4.69) is 20.2 Å². The van der Waals surface area contributed by atoms with Gasteiger partial charge in [0.15, 0.2) is 0 Å². The summed E-state index contributed by atoms with van der Waals surface area (Å²) in [6, 6.07) is 5.03. The van der Waals surface area contributed by atoms with Gasteiger partial charge in [-0.2, -0.15) is 4.98 Å². The van der Waals surface area contributed by atoms with Crippen molar-refractivity contribution in [2.45, 2.75) is 19.3 Å². The molecule has 0 aliphatic carbocycles. The number of fused-ring (bicyclic) bond motifs is 1. The average Bonchev–Trinajstić information content (AvgIpc) is 2.63. The minimum atomic E-state index is -0.647. The molecule has 27 heavy (non-hydrogen) atoms. The summed E-state index contributed by atoms with van der Waals surface area (Å²) in [6.45, 7) is 4.88. The molecule has 0 bridgehead atoms. The molecule has 7 nitrogen and oxygen atoms in total. The SMILES string of the molecule is Cc1cccc([C@@H]2CC(=O)Nc3nc(N4CCN(C)CC4)[nH]c(=O)c32)c1F. The number of anilines is 2. The zero-order valence-electron chi connectivity index (χ0n) is 15.4. The Morgan fingerprint density at radius 1 is 1.19 bits per heavy atom. The number of hydrogen-bond donors (Lipinski definition) is 2. The number of nitrogens with zero attached hydrogens (tertiary/aromatic N) is 3. The van der Waals surface area contributed by atoms with E-state index in [0.717, 1.165) is 26.2 Å². The second kappa shape index (κ2) is 6.77. The lowest BCUT2D eigenvalue weighted by molar-refractivity contribution is -0.116. The number of likely N-dealkylation sites (N-methyl/N-ethyl adjacent to an activating group) is 1. The second-order valence-corrected chi connectivity index (χ2v) is 7.23. The Kier molecular flexibility index (Phi) is 4.43. The smallest absolute Gasteiger partial charge is 0.258 e. The third kappa shape index (κ3) is 3.21. The summed E-state index contributed by atoms with van der Waals surface area (Å²) in [4.78, 5) is 36.6. The van der Waals surface area contributed by atoms with Gasteiger partial charge in [-0.15, -0.1) is 0 Å². The van der Waals surface area contributed by atoms with E-state index >= 15 is 0 Å². The van der Waals surface area contributed by atoms with Crippen LogP contribution in [0.15, 0.2) is 23.0 Å². The van der Waals surface area contributed by atoms with Gasteiger partial charge in [0, 0.05) is 38.5 Å². The topological polar surface area (TPSA) is 81.3 Å². The molecule has 8 heteroatoms. The van der Waals surface area contributed by atoms with Crippen molar-refractivity contribution < 1.29 is 9.18 Å². The van der Waals surface area contributed by atoms with Gasteiger partial charge < -0.3 is 15.1 Å². The standard InChI is InChI=1S/C19H22FN5O2/c1-11-4-3-5-12(16(11)20)13-10-14(26)21-17-15(13)18(27)23-19(22-17)25-8-6-24(2)7-9-25/h3-5,13H,6-10H2,1-2H3,(H2,21,22,23,26,27)/t13-/m0/s1. The predicted octanol–water partition coefficient (Wildman–Crippen LogP) is 1.44. The van der Waals surface area contributed by atoms with Gasteiger partial charge in [-0.3, -0.25) is 14.6 Å². The molecule has 4 rings (SSSR count). The highest BCUT2D eigenvalue weighted by Crippen LogP contribution is 2.36. The Bertz CT molecular complexity index is 950. The van der Waals surface area contributed by atoms with Crippen molar-refractivity contribution in [1.82, 2.24) is 14.9 Å². The van der Waals surface area contributed by atoms with Gasteiger partial charge in [-0.1, -0.05) is 18.2 Å². The van der Waals surface area contributed by atoms with E-state index in [0.29, 0.717) is 22.6 Å². The number of H-pyrrole nitrogens is 1. The van der Waals surface area contributed by atoms with Crippen LogP contribution in [0.25, 0.3) is 0 Å². The highest BCUT2D eigenvalue weighted by atomic mass is 19.1. The first kappa shape index (κ1) is 17.7. The number of carbonyl (C=O) groups is 1. The number of aromatic nitrogens is 2. The number of benzene rings is 1. The van der Waals surface area contributed by atoms with Gasteiger partial charge >= 0.3 is 0 Å². The Morgan fingerprint density at radius 2 is 1.93 bits per heavy atom. The monoisotopic (exact) mass is 371 g/mol. The summed E-state index contributed by atoms with van der Waals surface area (Å²) < 4.78 is 14.7. The van der Waals surface area contributed by atoms with Crippen molar-refractivity contribution in [2.24, 2.45) is 0 Å². The van der Waals surface area contributed by atoms with Crippen LogP contribution in [-0.4, -0.2) is 54.0 Å². The van der Waals surface area contributed by atoms with Gasteiger partial charge in [-0.25, -0.2) is 4.39 Å². The summed E-state index contributed by atoms with van der Waals surface area (Å²) in [5.74, 6) is -0.625. The molecule has 1 amide bonds. The second-order valence-electron chi connectivity index (χ2n) is 7.23. The first-order valence-electron chi connectivity index (χ1n) is 9.06. The molecule has 1 fully saturated rings. The Morgan fingerprint density at radius 3 is 2.67 bits per heavy atom. The largest absolute Gasteiger partial charge is 0.340 e. The number of carbonyl (C=O) groups excluding carboxylic acids is 1. The molecule has 1 saturated heterocycles. The highest BCUT2D eigenvalue weighted by Gasteiger charge is 2.33. The van der Waals surface area contributed by atoms with Crippen molar-refractivity contribution in [3.8, 4) is 0 Å². The van der Waals surface area contributed by atoms with Crippen LogP contribution in [0.4, 0.5) is 16.2 Å². The lowest BCUT2D eigenvalue weighted by atomic mass is 9.86. The summed E-state index contributed by atoms with van der Waals surface area (Å²) >= 11 is 0. The van der Waals surface area contributed by atoms with Crippen molar-refractivity contribution in [3.63, 3.8) is 0 Å². The minimum absolute atomic E-state index is 0.0198. The van der Waals surface area contributed by atoms with Crippen molar-refractivity contribution in [1.29, 1.82) is 0 Å². The van der Waals surface area contributed by atoms with Gasteiger partial charge in [0.2, 0.25) is 11.9 Å². The first-order chi connectivity index (χ1) is 12.9. The number of nitrogens with one attached hydrogen (secondary N) is 2. The molecule has 0 saturated carbocycles. The zero-order chi connectivity index (χ0) is 19.1. The molecule has 0 radical (unpaired) electrons. The Labute approximate surface area is 156 Å². The van der Waals surface area contributed by atoms with Crippen molar-refractivity contribution in [3.05, 3.63) is 51.1 Å². The average molecular weight is 371 g/mol. The fraction of sp³-hybridized carbons (Fsp3) is 0.421. The number of piperazine rings is 1. The molecule has 142 valence electrons. The summed E-state index contributed by atoms with van der Waals surface area (Å²) in [6.07, 6.45) is 0.0198. The van der Waals surface area contributed by atoms with Gasteiger partial charge in [0.1, 0.15) is 11.6 Å². The summed E-state index contributed by atoms with van der Waals surface area (Å²) in [5.41, 5.74) is 0.820. The summed E-state index contributed by atoms with van der Waals surface area (Å²) in [7, 11) is 2.04. The van der Waals surface area contributed by atoms with Gasteiger partial charge in [0.25, 0.3) is 5.56 Å². The van der Waals surface area contributed by atoms with E-state index < -0.39 is 5.92 Å². The first-order valence-corrected chi connectivity index (χ1v) is 9.06. The van der Waals surface area contributed by atoms with E-state index in [9.17, 15) is 14.0 Å². The molecule has 2 aliphatic rings. The third-order valence-corrected chi connectivity index (χ3v) is 5.34. The predicted molar refractivity (Wildman–Crippen MR) is 101 cm³/mol. The molecule has 3 heterocycles. The molecular formula is C19H22FN5O2. The van der Waals surface area contributed by atoms with Crippen LogP contribution in [0.5, 0.6) is 0 Å². The molecule has 2 N–H and O–H groups in total. The van der Waals surface area contributed by atoms with Crippen LogP contribution in [-0.2, 0) is 4.79 Å².